The molecule has 0 aromatic carbocycles. The van der Waals surface area contributed by atoms with Crippen LogP contribution >= 0.6 is 0 Å². The van der Waals surface area contributed by atoms with E-state index < -0.39 is 0 Å². The van der Waals surface area contributed by atoms with Crippen molar-refractivity contribution in [3.05, 3.63) is 29.6 Å². The van der Waals surface area contributed by atoms with E-state index in [-0.39, 0.29) is 16.9 Å². The Bertz CT molecular complexity index is 576. The average Bonchev–Trinajstić information content (AvgIpc) is 2.62. The first-order valence-electron chi connectivity index (χ1n) is 8.57. The normalized spacial score (nSPS) is 24.2. The minimum absolute atomic E-state index is 0.113. The molecular formula is C18H28N4O. The standard InChI is InChI=1S/C18H28N4O/c1-14-5-4-6-15(21-14)11-22-9-7-18(8-10-22)16(23)19-12-17(2,3)13-20-18/h4-6,20H,7-13H2,1-3H3,(H,19,23). The van der Waals surface area contributed by atoms with Crippen molar-refractivity contribution in [2.24, 2.45) is 5.41 Å². The minimum atomic E-state index is -0.385. The summed E-state index contributed by atoms with van der Waals surface area (Å²) in [6.45, 7) is 10.8. The van der Waals surface area contributed by atoms with E-state index in [0.29, 0.717) is 0 Å². The van der Waals surface area contributed by atoms with Crippen LogP contribution in [0.4, 0.5) is 0 Å². The summed E-state index contributed by atoms with van der Waals surface area (Å²) in [4.78, 5) is 19.6. The molecule has 0 bridgehead atoms. The number of rotatable bonds is 2. The predicted octanol–water partition coefficient (Wildman–Crippen LogP) is 1.47. The van der Waals surface area contributed by atoms with Crippen molar-refractivity contribution in [3.63, 3.8) is 0 Å². The van der Waals surface area contributed by atoms with Crippen molar-refractivity contribution < 1.29 is 4.79 Å². The van der Waals surface area contributed by atoms with Crippen LogP contribution in [-0.2, 0) is 11.3 Å². The lowest BCUT2D eigenvalue weighted by atomic mass is 9.86. The molecule has 5 heteroatoms. The van der Waals surface area contributed by atoms with Crippen LogP contribution in [0.5, 0.6) is 0 Å². The number of aryl methyl sites for hydroxylation is 1. The van der Waals surface area contributed by atoms with Crippen LogP contribution in [0.2, 0.25) is 0 Å². The lowest BCUT2D eigenvalue weighted by Crippen LogP contribution is -2.60. The monoisotopic (exact) mass is 316 g/mol. The Kier molecular flexibility index (Phi) is 4.43. The van der Waals surface area contributed by atoms with Crippen LogP contribution in [0.25, 0.3) is 0 Å². The fourth-order valence-electron chi connectivity index (χ4n) is 3.45. The molecule has 0 atom stereocenters. The molecule has 2 fully saturated rings. The number of carbonyl (C=O) groups excluding carboxylic acids is 1. The predicted molar refractivity (Wildman–Crippen MR) is 91.0 cm³/mol. The van der Waals surface area contributed by atoms with Gasteiger partial charge in [-0.05, 0) is 37.3 Å². The quantitative estimate of drug-likeness (QED) is 0.867. The van der Waals surface area contributed by atoms with Gasteiger partial charge in [-0.3, -0.25) is 14.7 Å². The van der Waals surface area contributed by atoms with Crippen LogP contribution in [0.3, 0.4) is 0 Å². The van der Waals surface area contributed by atoms with E-state index in [4.69, 9.17) is 0 Å². The SMILES string of the molecule is Cc1cccc(CN2CCC3(CC2)NCC(C)(C)CNC3=O)n1. The first-order chi connectivity index (χ1) is 10.9. The van der Waals surface area contributed by atoms with Crippen molar-refractivity contribution in [1.29, 1.82) is 0 Å². The van der Waals surface area contributed by atoms with Gasteiger partial charge in [0.15, 0.2) is 0 Å². The van der Waals surface area contributed by atoms with E-state index in [2.05, 4.69) is 46.5 Å². The highest BCUT2D eigenvalue weighted by molar-refractivity contribution is 5.86. The van der Waals surface area contributed by atoms with Gasteiger partial charge in [0, 0.05) is 38.4 Å². The van der Waals surface area contributed by atoms with Gasteiger partial charge in [-0.2, -0.15) is 0 Å². The van der Waals surface area contributed by atoms with Gasteiger partial charge in [0.1, 0.15) is 5.54 Å². The highest BCUT2D eigenvalue weighted by Gasteiger charge is 2.44. The number of likely N-dealkylation sites (tertiary alicyclic amines) is 1. The Morgan fingerprint density at radius 1 is 1.22 bits per heavy atom. The number of hydrogen-bond donors (Lipinski definition) is 2. The van der Waals surface area contributed by atoms with Crippen molar-refractivity contribution in [2.45, 2.75) is 45.7 Å². The number of pyridine rings is 1. The number of nitrogens with zero attached hydrogens (tertiary/aromatic N) is 2. The summed E-state index contributed by atoms with van der Waals surface area (Å²) < 4.78 is 0. The molecular weight excluding hydrogens is 288 g/mol. The molecule has 2 saturated heterocycles. The number of carbonyl (C=O) groups is 1. The molecule has 3 rings (SSSR count). The molecule has 2 N–H and O–H groups in total. The Balaban J connectivity index is 1.62. The lowest BCUT2D eigenvalue weighted by molar-refractivity contribution is -0.129. The van der Waals surface area contributed by atoms with E-state index in [1.165, 1.54) is 0 Å². The molecule has 0 aliphatic carbocycles. The Morgan fingerprint density at radius 3 is 2.65 bits per heavy atom. The molecule has 0 radical (unpaired) electrons. The fraction of sp³-hybridized carbons (Fsp3) is 0.667. The van der Waals surface area contributed by atoms with Crippen LogP contribution in [-0.4, -0.2) is 47.5 Å². The van der Waals surface area contributed by atoms with Crippen LogP contribution in [0, 0.1) is 12.3 Å². The number of hydrogen-bond acceptors (Lipinski definition) is 4. The third kappa shape index (κ3) is 3.72. The van der Waals surface area contributed by atoms with Gasteiger partial charge in [0.05, 0.1) is 5.69 Å². The zero-order valence-electron chi connectivity index (χ0n) is 14.5. The number of piperidine rings is 1. The fourth-order valence-corrected chi connectivity index (χ4v) is 3.45. The second-order valence-corrected chi connectivity index (χ2v) is 7.83. The zero-order chi connectivity index (χ0) is 16.5. The molecule has 1 aromatic heterocycles. The van der Waals surface area contributed by atoms with Gasteiger partial charge >= 0.3 is 0 Å². The molecule has 23 heavy (non-hydrogen) atoms. The minimum Gasteiger partial charge on any atom is -0.354 e. The van der Waals surface area contributed by atoms with Crippen LogP contribution in [0.1, 0.15) is 38.1 Å². The topological polar surface area (TPSA) is 57.3 Å². The van der Waals surface area contributed by atoms with Gasteiger partial charge in [-0.15, -0.1) is 0 Å². The third-order valence-corrected chi connectivity index (χ3v) is 5.11. The largest absolute Gasteiger partial charge is 0.354 e. The van der Waals surface area contributed by atoms with E-state index in [0.717, 1.165) is 57.0 Å². The third-order valence-electron chi connectivity index (χ3n) is 5.11. The molecule has 1 aromatic rings. The smallest absolute Gasteiger partial charge is 0.240 e. The molecule has 1 amide bonds. The maximum absolute atomic E-state index is 12.6. The molecule has 126 valence electrons. The van der Waals surface area contributed by atoms with Crippen LogP contribution in [0.15, 0.2) is 18.2 Å². The first-order valence-corrected chi connectivity index (χ1v) is 8.57. The van der Waals surface area contributed by atoms with E-state index in [1.54, 1.807) is 0 Å². The van der Waals surface area contributed by atoms with Gasteiger partial charge in [-0.1, -0.05) is 19.9 Å². The first kappa shape index (κ1) is 16.4. The Labute approximate surface area is 138 Å². The second kappa shape index (κ2) is 6.21. The van der Waals surface area contributed by atoms with Gasteiger partial charge in [0.2, 0.25) is 5.91 Å². The lowest BCUT2D eigenvalue weighted by Gasteiger charge is -2.40. The Morgan fingerprint density at radius 2 is 1.96 bits per heavy atom. The number of amides is 1. The van der Waals surface area contributed by atoms with Gasteiger partial charge < -0.3 is 10.6 Å². The summed E-state index contributed by atoms with van der Waals surface area (Å²) in [5.74, 6) is 0.177. The zero-order valence-corrected chi connectivity index (χ0v) is 14.5. The molecule has 0 unspecified atom stereocenters. The highest BCUT2D eigenvalue weighted by Crippen LogP contribution is 2.27. The second-order valence-electron chi connectivity index (χ2n) is 7.83. The molecule has 0 saturated carbocycles. The van der Waals surface area contributed by atoms with Crippen molar-refractivity contribution in [2.75, 3.05) is 26.2 Å². The summed E-state index contributed by atoms with van der Waals surface area (Å²) in [5.41, 5.74) is 1.90. The molecule has 2 aliphatic heterocycles. The number of nitrogens with one attached hydrogen (secondary N) is 2. The van der Waals surface area contributed by atoms with E-state index >= 15 is 0 Å². The average molecular weight is 316 g/mol. The van der Waals surface area contributed by atoms with Crippen molar-refractivity contribution in [1.82, 2.24) is 20.5 Å². The summed E-state index contributed by atoms with van der Waals surface area (Å²) in [6.07, 6.45) is 1.72. The van der Waals surface area contributed by atoms with Crippen molar-refractivity contribution in [3.8, 4) is 0 Å². The maximum Gasteiger partial charge on any atom is 0.240 e. The van der Waals surface area contributed by atoms with Crippen molar-refractivity contribution >= 4 is 5.91 Å². The van der Waals surface area contributed by atoms with Gasteiger partial charge in [-0.25, -0.2) is 0 Å². The van der Waals surface area contributed by atoms with E-state index in [9.17, 15) is 4.79 Å². The molecule has 5 nitrogen and oxygen atoms in total. The molecule has 2 aliphatic rings. The molecule has 3 heterocycles. The summed E-state index contributed by atoms with van der Waals surface area (Å²) in [7, 11) is 0. The summed E-state index contributed by atoms with van der Waals surface area (Å²) in [5, 5.41) is 6.71. The van der Waals surface area contributed by atoms with Gasteiger partial charge in [0.25, 0.3) is 0 Å². The summed E-state index contributed by atoms with van der Waals surface area (Å²) in [6, 6.07) is 6.16. The highest BCUT2D eigenvalue weighted by atomic mass is 16.2. The van der Waals surface area contributed by atoms with E-state index in [1.807, 2.05) is 13.0 Å². The number of aromatic nitrogens is 1. The maximum atomic E-state index is 12.6. The summed E-state index contributed by atoms with van der Waals surface area (Å²) >= 11 is 0. The Hall–Kier alpha value is -1.46. The molecule has 1 spiro atoms. The van der Waals surface area contributed by atoms with Crippen LogP contribution < -0.4 is 10.6 Å².